The number of carbonyl (C=O) groups excluding carboxylic acids is 1. The molecular weight excluding hydrogens is 222 g/mol. The Bertz CT molecular complexity index is 339. The highest BCUT2D eigenvalue weighted by Crippen LogP contribution is 2.03. The molecule has 0 bridgehead atoms. The molecule has 0 aromatic rings. The van der Waals surface area contributed by atoms with E-state index in [1.807, 2.05) is 6.92 Å². The van der Waals surface area contributed by atoms with E-state index in [4.69, 9.17) is 5.26 Å². The van der Waals surface area contributed by atoms with Gasteiger partial charge in [-0.25, -0.2) is 5.26 Å². The van der Waals surface area contributed by atoms with Crippen molar-refractivity contribution in [3.05, 3.63) is 12.3 Å². The van der Waals surface area contributed by atoms with Crippen molar-refractivity contribution >= 4 is 11.7 Å². The summed E-state index contributed by atoms with van der Waals surface area (Å²) in [5.74, 6) is 1.42. The molecule has 6 nitrogen and oxygen atoms in total. The predicted octanol–water partition coefficient (Wildman–Crippen LogP) is -0.128. The molecule has 0 aliphatic carbocycles. The summed E-state index contributed by atoms with van der Waals surface area (Å²) < 4.78 is 2.08. The van der Waals surface area contributed by atoms with Crippen LogP contribution in [0.3, 0.4) is 0 Å². The molecule has 1 aliphatic heterocycles. The molecule has 17 heavy (non-hydrogen) atoms. The number of rotatable bonds is 6. The summed E-state index contributed by atoms with van der Waals surface area (Å²) in [4.78, 5) is 17.0. The van der Waals surface area contributed by atoms with Gasteiger partial charge in [0.1, 0.15) is 26.2 Å². The number of hydrogen-bond donors (Lipinski definition) is 2. The zero-order chi connectivity index (χ0) is 12.8. The van der Waals surface area contributed by atoms with E-state index >= 15 is 0 Å². The quantitative estimate of drug-likeness (QED) is 0.295. The first kappa shape index (κ1) is 13.5. The van der Waals surface area contributed by atoms with E-state index in [9.17, 15) is 4.79 Å². The Morgan fingerprint density at radius 1 is 1.71 bits per heavy atom. The topological polar surface area (TPSA) is 64.8 Å². The summed E-state index contributed by atoms with van der Waals surface area (Å²) in [5.41, 5.74) is 0. The van der Waals surface area contributed by atoms with Crippen LogP contribution in [0.25, 0.3) is 0 Å². The number of amidine groups is 1. The fourth-order valence-electron chi connectivity index (χ4n) is 1.84. The number of nitrogens with one attached hydrogen (secondary N) is 1. The first-order valence-electron chi connectivity index (χ1n) is 5.61. The number of nitrogens with zero attached hydrogens (tertiary/aromatic N) is 2. The maximum absolute atomic E-state index is 10.7. The van der Waals surface area contributed by atoms with Crippen molar-refractivity contribution in [1.82, 2.24) is 10.2 Å². The molecule has 1 rings (SSSR count). The average Bonchev–Trinajstić information content (AvgIpc) is 2.61. The smallest absolute Gasteiger partial charge is 0.244 e. The van der Waals surface area contributed by atoms with Crippen LogP contribution in [-0.2, 0) is 9.68 Å². The van der Waals surface area contributed by atoms with Gasteiger partial charge in [0.05, 0.1) is 6.54 Å². The third kappa shape index (κ3) is 4.07. The summed E-state index contributed by atoms with van der Waals surface area (Å²) in [6.45, 7) is 10.8. The van der Waals surface area contributed by atoms with E-state index in [1.165, 1.54) is 6.92 Å². The van der Waals surface area contributed by atoms with E-state index in [1.54, 1.807) is 0 Å². The minimum Gasteiger partial charge on any atom is -0.352 e. The van der Waals surface area contributed by atoms with Crippen molar-refractivity contribution in [1.29, 1.82) is 0 Å². The summed E-state index contributed by atoms with van der Waals surface area (Å²) >= 11 is 0. The van der Waals surface area contributed by atoms with E-state index in [2.05, 4.69) is 26.3 Å². The van der Waals surface area contributed by atoms with E-state index in [0.717, 1.165) is 25.5 Å². The Balaban J connectivity index is 2.44. The molecule has 0 aromatic carbocycles. The zero-order valence-electron chi connectivity index (χ0n) is 10.4. The van der Waals surface area contributed by atoms with Crippen molar-refractivity contribution in [2.45, 2.75) is 13.8 Å². The van der Waals surface area contributed by atoms with Crippen LogP contribution in [0.1, 0.15) is 13.8 Å². The van der Waals surface area contributed by atoms with Gasteiger partial charge < -0.3 is 10.2 Å². The van der Waals surface area contributed by atoms with Gasteiger partial charge in [-0.1, -0.05) is 6.58 Å². The molecule has 2 N–H and O–H groups in total. The van der Waals surface area contributed by atoms with Crippen molar-refractivity contribution in [3.8, 4) is 0 Å². The SMILES string of the molecule is C=C(C[N+]1=C(C)N(CCNC(C)=O)CC1)OO. The van der Waals surface area contributed by atoms with Crippen molar-refractivity contribution in [2.24, 2.45) is 0 Å². The minimum atomic E-state index is -0.0132. The summed E-state index contributed by atoms with van der Waals surface area (Å²) in [6, 6.07) is 0. The maximum Gasteiger partial charge on any atom is 0.244 e. The van der Waals surface area contributed by atoms with Gasteiger partial charge in [-0.15, -0.1) is 0 Å². The second kappa shape index (κ2) is 6.24. The molecule has 1 heterocycles. The van der Waals surface area contributed by atoms with E-state index in [0.29, 0.717) is 18.8 Å². The van der Waals surface area contributed by atoms with Gasteiger partial charge in [0, 0.05) is 13.8 Å². The molecule has 1 amide bonds. The highest BCUT2D eigenvalue weighted by atomic mass is 17.1. The van der Waals surface area contributed by atoms with Crippen LogP contribution in [0, 0.1) is 0 Å². The second-order valence-corrected chi connectivity index (χ2v) is 4.07. The standard InChI is InChI=1S/C11H19N3O3/c1-9(17-16)8-14-7-6-13(11(14)3)5-4-12-10(2)15/h1,4-8H2,2-3H3,(H-,12,15,16)/p+1. The lowest BCUT2D eigenvalue weighted by molar-refractivity contribution is -0.517. The van der Waals surface area contributed by atoms with Gasteiger partial charge in [-0.3, -0.25) is 14.3 Å². The second-order valence-electron chi connectivity index (χ2n) is 4.07. The Kier molecular flexibility index (Phi) is 4.96. The van der Waals surface area contributed by atoms with Gasteiger partial charge >= 0.3 is 0 Å². The molecule has 0 atom stereocenters. The third-order valence-electron chi connectivity index (χ3n) is 2.81. The van der Waals surface area contributed by atoms with Crippen LogP contribution in [0.15, 0.2) is 12.3 Å². The summed E-state index contributed by atoms with van der Waals surface area (Å²) in [5, 5.41) is 11.2. The molecule has 0 fully saturated rings. The molecule has 0 saturated heterocycles. The summed E-state index contributed by atoms with van der Waals surface area (Å²) in [6.07, 6.45) is 0. The highest BCUT2D eigenvalue weighted by molar-refractivity contribution is 5.76. The fourth-order valence-corrected chi connectivity index (χ4v) is 1.84. The van der Waals surface area contributed by atoms with Gasteiger partial charge in [0.2, 0.25) is 11.7 Å². The molecular formula is C11H20N3O3+. The van der Waals surface area contributed by atoms with Crippen molar-refractivity contribution in [2.75, 3.05) is 32.7 Å². The highest BCUT2D eigenvalue weighted by Gasteiger charge is 2.26. The summed E-state index contributed by atoms with van der Waals surface area (Å²) in [7, 11) is 0. The molecule has 6 heteroatoms. The lowest BCUT2D eigenvalue weighted by Crippen LogP contribution is -2.35. The number of amides is 1. The largest absolute Gasteiger partial charge is 0.352 e. The molecule has 0 saturated carbocycles. The van der Waals surface area contributed by atoms with Gasteiger partial charge in [0.25, 0.3) is 0 Å². The molecule has 0 radical (unpaired) electrons. The molecule has 0 aromatic heterocycles. The van der Waals surface area contributed by atoms with Gasteiger partial charge in [-0.2, -0.15) is 0 Å². The Labute approximate surface area is 101 Å². The Morgan fingerprint density at radius 3 is 3.00 bits per heavy atom. The fraction of sp³-hybridized carbons (Fsp3) is 0.636. The van der Waals surface area contributed by atoms with Crippen molar-refractivity contribution in [3.63, 3.8) is 0 Å². The molecule has 96 valence electrons. The molecule has 1 aliphatic rings. The van der Waals surface area contributed by atoms with Crippen molar-refractivity contribution < 1.29 is 19.5 Å². The lowest BCUT2D eigenvalue weighted by atomic mass is 10.4. The van der Waals surface area contributed by atoms with E-state index in [-0.39, 0.29) is 5.91 Å². The number of carbonyl (C=O) groups is 1. The van der Waals surface area contributed by atoms with E-state index < -0.39 is 0 Å². The third-order valence-corrected chi connectivity index (χ3v) is 2.81. The van der Waals surface area contributed by atoms with Gasteiger partial charge in [-0.05, 0) is 0 Å². The van der Waals surface area contributed by atoms with Gasteiger partial charge in [0.15, 0.2) is 5.76 Å². The van der Waals surface area contributed by atoms with Crippen LogP contribution in [0.5, 0.6) is 0 Å². The van der Waals surface area contributed by atoms with Crippen LogP contribution in [-0.4, -0.2) is 59.2 Å². The maximum atomic E-state index is 10.7. The van der Waals surface area contributed by atoms with Crippen LogP contribution in [0.4, 0.5) is 0 Å². The molecule has 0 spiro atoms. The zero-order valence-corrected chi connectivity index (χ0v) is 10.4. The van der Waals surface area contributed by atoms with Crippen LogP contribution >= 0.6 is 0 Å². The van der Waals surface area contributed by atoms with Crippen LogP contribution in [0.2, 0.25) is 0 Å². The normalized spacial score (nSPS) is 15.1. The number of hydrogen-bond acceptors (Lipinski definition) is 4. The first-order valence-corrected chi connectivity index (χ1v) is 5.61. The van der Waals surface area contributed by atoms with Crippen LogP contribution < -0.4 is 5.32 Å². The molecule has 0 unspecified atom stereocenters. The lowest BCUT2D eigenvalue weighted by Gasteiger charge is -2.10. The minimum absolute atomic E-state index is 0.0132. The average molecular weight is 242 g/mol. The monoisotopic (exact) mass is 242 g/mol. The Morgan fingerprint density at radius 2 is 2.41 bits per heavy atom. The Hall–Kier alpha value is -1.56. The first-order chi connectivity index (χ1) is 8.04. The predicted molar refractivity (Wildman–Crippen MR) is 63.8 cm³/mol.